The van der Waals surface area contributed by atoms with Crippen molar-refractivity contribution >= 4 is 39.2 Å². The Bertz CT molecular complexity index is 346. The summed E-state index contributed by atoms with van der Waals surface area (Å²) in [6, 6.07) is 3.95. The molecule has 0 unspecified atom stereocenters. The van der Waals surface area contributed by atoms with Crippen molar-refractivity contribution in [2.75, 3.05) is 13.6 Å². The number of nitrogens with zero attached hydrogens (tertiary/aromatic N) is 1. The minimum Gasteiger partial charge on any atom is -0.343 e. The Labute approximate surface area is 96.4 Å². The highest BCUT2D eigenvalue weighted by Crippen LogP contribution is 2.22. The first-order chi connectivity index (χ1) is 6.63. The maximum absolute atomic E-state index is 11.4. The number of thiophene rings is 1. The lowest BCUT2D eigenvalue weighted by molar-refractivity contribution is -0.124. The van der Waals surface area contributed by atoms with Gasteiger partial charge in [0.05, 0.1) is 3.79 Å². The van der Waals surface area contributed by atoms with Crippen LogP contribution in [0.15, 0.2) is 22.0 Å². The van der Waals surface area contributed by atoms with Crippen molar-refractivity contribution < 1.29 is 4.79 Å². The second-order valence-electron chi connectivity index (χ2n) is 2.83. The van der Waals surface area contributed by atoms with Crippen molar-refractivity contribution in [2.24, 2.45) is 0 Å². The van der Waals surface area contributed by atoms with E-state index >= 15 is 0 Å². The number of likely N-dealkylation sites (N-methyl/N-ethyl adjacent to an activating group) is 1. The summed E-state index contributed by atoms with van der Waals surface area (Å²) in [4.78, 5) is 14.1. The zero-order valence-electron chi connectivity index (χ0n) is 8.16. The van der Waals surface area contributed by atoms with Crippen LogP contribution >= 0.6 is 27.3 Å². The van der Waals surface area contributed by atoms with E-state index in [2.05, 4.69) is 15.9 Å². The fraction of sp³-hybridized carbons (Fsp3) is 0.300. The minimum absolute atomic E-state index is 0.0389. The lowest BCUT2D eigenvalue weighted by Crippen LogP contribution is -2.23. The first kappa shape index (κ1) is 11.5. The van der Waals surface area contributed by atoms with E-state index in [9.17, 15) is 4.79 Å². The van der Waals surface area contributed by atoms with Crippen LogP contribution in [0.1, 0.15) is 11.8 Å². The first-order valence-corrected chi connectivity index (χ1v) is 5.93. The molecule has 0 aliphatic heterocycles. The molecule has 0 fully saturated rings. The van der Waals surface area contributed by atoms with Gasteiger partial charge in [-0.15, -0.1) is 11.3 Å². The summed E-state index contributed by atoms with van der Waals surface area (Å²) in [5.74, 6) is 0.0389. The molecule has 0 radical (unpaired) electrons. The van der Waals surface area contributed by atoms with E-state index < -0.39 is 0 Å². The van der Waals surface area contributed by atoms with Crippen molar-refractivity contribution in [2.45, 2.75) is 6.92 Å². The molecule has 1 aromatic heterocycles. The first-order valence-electron chi connectivity index (χ1n) is 4.32. The fourth-order valence-electron chi connectivity index (χ4n) is 0.854. The standard InChI is InChI=1S/C10H12BrNOS/c1-3-12(2)10(13)7-5-8-4-6-9(11)14-8/h4-7H,3H2,1-2H3/b7-5+. The Hall–Kier alpha value is -0.610. The molecule has 0 N–H and O–H groups in total. The Balaban J connectivity index is 2.60. The summed E-state index contributed by atoms with van der Waals surface area (Å²) in [7, 11) is 1.79. The van der Waals surface area contributed by atoms with Crippen LogP contribution in [0.5, 0.6) is 0 Å². The highest BCUT2D eigenvalue weighted by atomic mass is 79.9. The van der Waals surface area contributed by atoms with Crippen molar-refractivity contribution in [3.8, 4) is 0 Å². The van der Waals surface area contributed by atoms with Crippen LogP contribution < -0.4 is 0 Å². The van der Waals surface area contributed by atoms with Crippen molar-refractivity contribution in [1.82, 2.24) is 4.90 Å². The van der Waals surface area contributed by atoms with Crippen molar-refractivity contribution in [3.05, 3.63) is 26.9 Å². The Morgan fingerprint density at radius 2 is 2.36 bits per heavy atom. The zero-order valence-corrected chi connectivity index (χ0v) is 10.6. The number of hydrogen-bond acceptors (Lipinski definition) is 2. The third-order valence-electron chi connectivity index (χ3n) is 1.83. The molecule has 0 saturated heterocycles. The summed E-state index contributed by atoms with van der Waals surface area (Å²) in [6.07, 6.45) is 3.44. The Kier molecular flexibility index (Phi) is 4.35. The largest absolute Gasteiger partial charge is 0.343 e. The van der Waals surface area contributed by atoms with Gasteiger partial charge in [-0.05, 0) is 41.1 Å². The van der Waals surface area contributed by atoms with Crippen molar-refractivity contribution in [1.29, 1.82) is 0 Å². The fourth-order valence-corrected chi connectivity index (χ4v) is 2.18. The predicted octanol–water partition coefficient (Wildman–Crippen LogP) is 3.00. The predicted molar refractivity (Wildman–Crippen MR) is 64.4 cm³/mol. The van der Waals surface area contributed by atoms with Gasteiger partial charge in [0.15, 0.2) is 0 Å². The van der Waals surface area contributed by atoms with Crippen molar-refractivity contribution in [3.63, 3.8) is 0 Å². The molecule has 14 heavy (non-hydrogen) atoms. The molecule has 1 heterocycles. The number of carbonyl (C=O) groups is 1. The van der Waals surface area contributed by atoms with Crippen LogP contribution in [0.25, 0.3) is 6.08 Å². The smallest absolute Gasteiger partial charge is 0.246 e. The van der Waals surface area contributed by atoms with Crippen LogP contribution in [0.2, 0.25) is 0 Å². The van der Waals surface area contributed by atoms with Gasteiger partial charge in [-0.3, -0.25) is 4.79 Å². The lowest BCUT2D eigenvalue weighted by Gasteiger charge is -2.10. The number of carbonyl (C=O) groups excluding carboxylic acids is 1. The number of halogens is 1. The van der Waals surface area contributed by atoms with Gasteiger partial charge < -0.3 is 4.90 Å². The molecule has 0 spiro atoms. The van der Waals surface area contributed by atoms with Gasteiger partial charge in [-0.1, -0.05) is 0 Å². The molecule has 0 atom stereocenters. The topological polar surface area (TPSA) is 20.3 Å². The number of hydrogen-bond donors (Lipinski definition) is 0. The normalized spacial score (nSPS) is 10.8. The molecule has 76 valence electrons. The van der Waals surface area contributed by atoms with E-state index in [1.54, 1.807) is 29.4 Å². The van der Waals surface area contributed by atoms with Gasteiger partial charge in [0.1, 0.15) is 0 Å². The summed E-state index contributed by atoms with van der Waals surface area (Å²) < 4.78 is 1.08. The maximum Gasteiger partial charge on any atom is 0.246 e. The van der Waals surface area contributed by atoms with Gasteiger partial charge in [0.25, 0.3) is 0 Å². The Morgan fingerprint density at radius 3 is 2.86 bits per heavy atom. The highest BCUT2D eigenvalue weighted by molar-refractivity contribution is 9.11. The van der Waals surface area contributed by atoms with Gasteiger partial charge in [0.2, 0.25) is 5.91 Å². The molecule has 0 aliphatic rings. The summed E-state index contributed by atoms with van der Waals surface area (Å²) in [6.45, 7) is 2.69. The molecule has 0 saturated carbocycles. The Morgan fingerprint density at radius 1 is 1.64 bits per heavy atom. The van der Waals surface area contributed by atoms with Crippen LogP contribution in [-0.2, 0) is 4.79 Å². The number of rotatable bonds is 3. The molecular weight excluding hydrogens is 262 g/mol. The highest BCUT2D eigenvalue weighted by Gasteiger charge is 2.00. The average Bonchev–Trinajstić information content (AvgIpc) is 2.59. The van der Waals surface area contributed by atoms with Gasteiger partial charge in [0, 0.05) is 24.5 Å². The summed E-state index contributed by atoms with van der Waals surface area (Å²) in [5.41, 5.74) is 0. The van der Waals surface area contributed by atoms with E-state index in [0.717, 1.165) is 15.2 Å². The second-order valence-corrected chi connectivity index (χ2v) is 5.32. The molecule has 1 rings (SSSR count). The maximum atomic E-state index is 11.4. The molecular formula is C10H12BrNOS. The zero-order chi connectivity index (χ0) is 10.6. The van der Waals surface area contributed by atoms with E-state index in [0.29, 0.717) is 0 Å². The molecule has 4 heteroatoms. The summed E-state index contributed by atoms with van der Waals surface area (Å²) >= 11 is 4.98. The monoisotopic (exact) mass is 273 g/mol. The van der Waals surface area contributed by atoms with Crippen LogP contribution in [-0.4, -0.2) is 24.4 Å². The molecule has 0 aliphatic carbocycles. The molecule has 1 aromatic rings. The number of amides is 1. The molecule has 0 bridgehead atoms. The third kappa shape index (κ3) is 3.27. The SMILES string of the molecule is CCN(C)C(=O)/C=C/c1ccc(Br)s1. The van der Waals surface area contributed by atoms with E-state index in [1.807, 2.05) is 25.1 Å². The van der Waals surface area contributed by atoms with E-state index in [4.69, 9.17) is 0 Å². The molecule has 1 amide bonds. The van der Waals surface area contributed by atoms with Crippen LogP contribution in [0.4, 0.5) is 0 Å². The van der Waals surface area contributed by atoms with Crippen LogP contribution in [0, 0.1) is 0 Å². The van der Waals surface area contributed by atoms with E-state index in [-0.39, 0.29) is 5.91 Å². The molecule has 0 aromatic carbocycles. The van der Waals surface area contributed by atoms with Gasteiger partial charge in [-0.25, -0.2) is 0 Å². The van der Waals surface area contributed by atoms with Gasteiger partial charge >= 0.3 is 0 Å². The van der Waals surface area contributed by atoms with Gasteiger partial charge in [-0.2, -0.15) is 0 Å². The minimum atomic E-state index is 0.0389. The third-order valence-corrected chi connectivity index (χ3v) is 3.42. The van der Waals surface area contributed by atoms with E-state index in [1.165, 1.54) is 0 Å². The average molecular weight is 274 g/mol. The quantitative estimate of drug-likeness (QED) is 0.776. The second kappa shape index (κ2) is 5.32. The van der Waals surface area contributed by atoms with Crippen LogP contribution in [0.3, 0.4) is 0 Å². The lowest BCUT2D eigenvalue weighted by atomic mass is 10.4. The molecule has 2 nitrogen and oxygen atoms in total. The summed E-state index contributed by atoms with van der Waals surface area (Å²) in [5, 5.41) is 0.